The highest BCUT2D eigenvalue weighted by Gasteiger charge is 2.43. The van der Waals surface area contributed by atoms with Crippen LogP contribution in [0.25, 0.3) is 5.76 Å². The van der Waals surface area contributed by atoms with E-state index in [2.05, 4.69) is 13.8 Å². The average molecular weight is 457 g/mol. The Balaban J connectivity index is 2.03. The minimum absolute atomic E-state index is 0.0271. The first-order valence-corrected chi connectivity index (χ1v) is 11.3. The third kappa shape index (κ3) is 4.97. The lowest BCUT2D eigenvalue weighted by atomic mass is 9.95. The first-order valence-electron chi connectivity index (χ1n) is 10.9. The van der Waals surface area contributed by atoms with Gasteiger partial charge in [0.25, 0.3) is 5.91 Å². The smallest absolute Gasteiger partial charge is 0.295 e. The second-order valence-electron chi connectivity index (χ2n) is 7.82. The number of carbonyl (C=O) groups is 2. The number of likely N-dealkylation sites (tertiary alicyclic amines) is 1. The van der Waals surface area contributed by atoms with Crippen molar-refractivity contribution in [2.24, 2.45) is 0 Å². The Morgan fingerprint density at radius 2 is 1.81 bits per heavy atom. The number of halogens is 1. The molecule has 0 radical (unpaired) electrons. The van der Waals surface area contributed by atoms with Crippen LogP contribution in [0.5, 0.6) is 5.75 Å². The topological polar surface area (TPSA) is 74.1 Å². The van der Waals surface area contributed by atoms with Gasteiger partial charge in [-0.2, -0.15) is 0 Å². The van der Waals surface area contributed by atoms with Crippen LogP contribution in [0.3, 0.4) is 0 Å². The highest BCUT2D eigenvalue weighted by atomic mass is 35.5. The quantitative estimate of drug-likeness (QED) is 0.355. The molecule has 0 bridgehead atoms. The van der Waals surface area contributed by atoms with E-state index in [-0.39, 0.29) is 5.57 Å². The summed E-state index contributed by atoms with van der Waals surface area (Å²) in [5.41, 5.74) is 0.977. The molecule has 7 heteroatoms. The number of benzene rings is 2. The van der Waals surface area contributed by atoms with Crippen molar-refractivity contribution in [3.63, 3.8) is 0 Å². The first-order chi connectivity index (χ1) is 15.4. The standard InChI is InChI=1S/C25H29ClN2O4/c1-4-27(5-2)14-7-15-28-22(17-10-12-19(26)13-11-17)21(24(30)25(28)31)23(29)18-8-6-9-20(16-18)32-3/h6,8-13,16,22,29H,4-5,7,14-15H2,1-3H3/b23-21+. The van der Waals surface area contributed by atoms with E-state index < -0.39 is 23.5 Å². The molecule has 2 aromatic carbocycles. The number of ether oxygens (including phenoxy) is 1. The molecule has 1 heterocycles. The summed E-state index contributed by atoms with van der Waals surface area (Å²) in [6, 6.07) is 12.8. The van der Waals surface area contributed by atoms with Crippen LogP contribution in [0.15, 0.2) is 54.1 Å². The number of rotatable bonds is 9. The third-order valence-electron chi connectivity index (χ3n) is 5.98. The van der Waals surface area contributed by atoms with Crippen molar-refractivity contribution >= 4 is 29.1 Å². The molecule has 1 saturated heterocycles. The van der Waals surface area contributed by atoms with Crippen molar-refractivity contribution in [2.75, 3.05) is 33.3 Å². The van der Waals surface area contributed by atoms with Crippen LogP contribution in [0.1, 0.15) is 37.4 Å². The largest absolute Gasteiger partial charge is 0.872 e. The van der Waals surface area contributed by atoms with Gasteiger partial charge in [-0.05, 0) is 49.2 Å². The molecule has 1 N–H and O–H groups in total. The van der Waals surface area contributed by atoms with Crippen molar-refractivity contribution in [1.29, 1.82) is 0 Å². The molecule has 1 fully saturated rings. The molecule has 170 valence electrons. The van der Waals surface area contributed by atoms with Gasteiger partial charge in [-0.3, -0.25) is 9.59 Å². The van der Waals surface area contributed by atoms with Gasteiger partial charge in [-0.15, -0.1) is 0 Å². The average Bonchev–Trinajstić information content (AvgIpc) is 3.07. The maximum atomic E-state index is 13.4. The predicted octanol–water partition coefficient (Wildman–Crippen LogP) is 1.89. The molecule has 0 saturated carbocycles. The number of hydrogen-bond acceptors (Lipinski definition) is 4. The maximum absolute atomic E-state index is 13.4. The fourth-order valence-electron chi connectivity index (χ4n) is 4.12. The van der Waals surface area contributed by atoms with Gasteiger partial charge in [0.05, 0.1) is 32.8 Å². The molecule has 32 heavy (non-hydrogen) atoms. The summed E-state index contributed by atoms with van der Waals surface area (Å²) in [7, 11) is 1.51. The maximum Gasteiger partial charge on any atom is 0.295 e. The number of nitrogens with zero attached hydrogens (tertiary/aromatic N) is 1. The zero-order valence-corrected chi connectivity index (χ0v) is 19.4. The number of quaternary nitrogens is 1. The van der Waals surface area contributed by atoms with E-state index in [9.17, 15) is 14.7 Å². The van der Waals surface area contributed by atoms with Gasteiger partial charge >= 0.3 is 0 Å². The molecule has 1 unspecified atom stereocenters. The Hall–Kier alpha value is -2.83. The second-order valence-corrected chi connectivity index (χ2v) is 8.25. The lowest BCUT2D eigenvalue weighted by Gasteiger charge is -2.28. The molecule has 1 aliphatic rings. The van der Waals surface area contributed by atoms with Gasteiger partial charge in [0, 0.05) is 23.6 Å². The highest BCUT2D eigenvalue weighted by Crippen LogP contribution is 2.39. The molecule has 1 atom stereocenters. The minimum atomic E-state index is -0.743. The molecule has 0 spiro atoms. The van der Waals surface area contributed by atoms with Crippen molar-refractivity contribution in [3.05, 3.63) is 70.3 Å². The van der Waals surface area contributed by atoms with E-state index in [0.29, 0.717) is 28.4 Å². The summed E-state index contributed by atoms with van der Waals surface area (Å²) < 4.78 is 5.22. The number of ketones is 1. The summed E-state index contributed by atoms with van der Waals surface area (Å²) >= 11 is 6.05. The summed E-state index contributed by atoms with van der Waals surface area (Å²) in [5, 5.41) is 14.0. The van der Waals surface area contributed by atoms with Crippen molar-refractivity contribution in [2.45, 2.75) is 26.3 Å². The molecule has 1 amide bonds. The van der Waals surface area contributed by atoms with Gasteiger partial charge in [0.15, 0.2) is 0 Å². The Bertz CT molecular complexity index is 999. The van der Waals surface area contributed by atoms with Crippen molar-refractivity contribution < 1.29 is 24.3 Å². The zero-order chi connectivity index (χ0) is 23.3. The van der Waals surface area contributed by atoms with Gasteiger partial charge in [0.2, 0.25) is 5.78 Å². The zero-order valence-electron chi connectivity index (χ0n) is 18.7. The Kier molecular flexibility index (Phi) is 7.94. The molecule has 6 nitrogen and oxygen atoms in total. The molecule has 1 aliphatic heterocycles. The third-order valence-corrected chi connectivity index (χ3v) is 6.23. The van der Waals surface area contributed by atoms with Crippen molar-refractivity contribution in [3.8, 4) is 5.75 Å². The lowest BCUT2D eigenvalue weighted by molar-refractivity contribution is -0.896. The summed E-state index contributed by atoms with van der Waals surface area (Å²) in [6.07, 6.45) is 0.737. The Morgan fingerprint density at radius 1 is 1.12 bits per heavy atom. The van der Waals surface area contributed by atoms with Gasteiger partial charge in [-0.1, -0.05) is 41.6 Å². The number of Topliss-reactive ketones (excluding diaryl/α,β-unsaturated/α-hetero) is 1. The summed E-state index contributed by atoms with van der Waals surface area (Å²) in [5.74, 6) is -1.33. The number of nitrogens with one attached hydrogen (secondary N) is 1. The van der Waals surface area contributed by atoms with E-state index in [1.165, 1.54) is 16.9 Å². The van der Waals surface area contributed by atoms with E-state index in [4.69, 9.17) is 16.3 Å². The second kappa shape index (κ2) is 10.7. The normalized spacial score (nSPS) is 17.9. The molecular formula is C25H29ClN2O4. The summed E-state index contributed by atoms with van der Waals surface area (Å²) in [6.45, 7) is 7.52. The van der Waals surface area contributed by atoms with Crippen LogP contribution in [0.4, 0.5) is 0 Å². The highest BCUT2D eigenvalue weighted by molar-refractivity contribution is 6.46. The Morgan fingerprint density at radius 3 is 2.44 bits per heavy atom. The first kappa shape index (κ1) is 23.8. The molecule has 0 aromatic heterocycles. The monoisotopic (exact) mass is 456 g/mol. The van der Waals surface area contributed by atoms with Gasteiger partial charge in [-0.25, -0.2) is 0 Å². The fraction of sp³-hybridized carbons (Fsp3) is 0.360. The van der Waals surface area contributed by atoms with Crippen LogP contribution in [0.2, 0.25) is 5.02 Å². The van der Waals surface area contributed by atoms with Crippen LogP contribution in [-0.2, 0) is 9.59 Å². The van der Waals surface area contributed by atoms with E-state index in [1.54, 1.807) is 48.5 Å². The summed E-state index contributed by atoms with van der Waals surface area (Å²) in [4.78, 5) is 29.0. The predicted molar refractivity (Wildman–Crippen MR) is 122 cm³/mol. The number of carbonyl (C=O) groups excluding carboxylic acids is 2. The van der Waals surface area contributed by atoms with Crippen molar-refractivity contribution in [1.82, 2.24) is 4.90 Å². The molecule has 2 aromatic rings. The van der Waals surface area contributed by atoms with E-state index in [1.807, 2.05) is 0 Å². The molecular weight excluding hydrogens is 428 g/mol. The van der Waals surface area contributed by atoms with E-state index in [0.717, 1.165) is 26.1 Å². The Labute approximate surface area is 194 Å². The minimum Gasteiger partial charge on any atom is -0.872 e. The number of hydrogen-bond donors (Lipinski definition) is 1. The van der Waals surface area contributed by atoms with Crippen LogP contribution in [-0.4, -0.2) is 49.9 Å². The molecule has 3 rings (SSSR count). The fourth-order valence-corrected chi connectivity index (χ4v) is 4.24. The SMILES string of the molecule is CC[NH+](CC)CCCN1C(=O)C(=O)/C(=C(/[O-])c2cccc(OC)c2)C1c1ccc(Cl)cc1. The van der Waals surface area contributed by atoms with Crippen LogP contribution < -0.4 is 14.7 Å². The van der Waals surface area contributed by atoms with Crippen LogP contribution in [0, 0.1) is 0 Å². The number of amides is 1. The molecule has 0 aliphatic carbocycles. The number of methoxy groups -OCH3 is 1. The lowest BCUT2D eigenvalue weighted by Crippen LogP contribution is -3.11. The van der Waals surface area contributed by atoms with Gasteiger partial charge < -0.3 is 19.6 Å². The van der Waals surface area contributed by atoms with E-state index >= 15 is 0 Å². The van der Waals surface area contributed by atoms with Gasteiger partial charge in [0.1, 0.15) is 5.75 Å². The van der Waals surface area contributed by atoms with Crippen LogP contribution >= 0.6 is 11.6 Å².